The number of furan rings is 1. The molecule has 1 aliphatic carbocycles. The average Bonchev–Trinajstić information content (AvgIpc) is 3.07. The van der Waals surface area contributed by atoms with Gasteiger partial charge in [0.1, 0.15) is 11.3 Å². The van der Waals surface area contributed by atoms with Crippen LogP contribution in [0.1, 0.15) is 30.6 Å². The van der Waals surface area contributed by atoms with Crippen molar-refractivity contribution < 1.29 is 4.42 Å². The van der Waals surface area contributed by atoms with Crippen LogP contribution in [0.5, 0.6) is 0 Å². The summed E-state index contributed by atoms with van der Waals surface area (Å²) in [5.74, 6) is 1.83. The van der Waals surface area contributed by atoms with Gasteiger partial charge >= 0.3 is 0 Å². The van der Waals surface area contributed by atoms with Crippen LogP contribution < -0.4 is 0 Å². The third-order valence-corrected chi connectivity index (χ3v) is 4.10. The van der Waals surface area contributed by atoms with E-state index in [2.05, 4.69) is 25.1 Å². The highest BCUT2D eigenvalue weighted by molar-refractivity contribution is 6.20. The van der Waals surface area contributed by atoms with E-state index in [-0.39, 0.29) is 0 Å². The lowest BCUT2D eigenvalue weighted by molar-refractivity contribution is 0.527. The van der Waals surface area contributed by atoms with Gasteiger partial charge in [-0.25, -0.2) is 0 Å². The van der Waals surface area contributed by atoms with Crippen molar-refractivity contribution in [1.29, 1.82) is 0 Å². The largest absolute Gasteiger partial charge is 0.461 e. The lowest BCUT2D eigenvalue weighted by atomic mass is 10.1. The van der Waals surface area contributed by atoms with E-state index >= 15 is 0 Å². The molecule has 1 nitrogen and oxygen atoms in total. The number of hydrogen-bond donors (Lipinski definition) is 0. The molecule has 1 aliphatic rings. The second kappa shape index (κ2) is 4.38. The molecule has 0 radical (unpaired) electrons. The predicted molar refractivity (Wildman–Crippen MR) is 71.6 cm³/mol. The normalized spacial score (nSPS) is 17.5. The average molecular weight is 249 g/mol. The van der Waals surface area contributed by atoms with Crippen LogP contribution in [0, 0.1) is 12.8 Å². The molecule has 1 aromatic heterocycles. The quantitative estimate of drug-likeness (QED) is 0.716. The molecule has 2 heteroatoms. The van der Waals surface area contributed by atoms with Gasteiger partial charge in [-0.1, -0.05) is 11.6 Å². The van der Waals surface area contributed by atoms with Crippen LogP contribution in [0.15, 0.2) is 28.7 Å². The minimum absolute atomic E-state index is 0.338. The first kappa shape index (κ1) is 11.2. The molecule has 1 unspecified atom stereocenters. The van der Waals surface area contributed by atoms with Crippen LogP contribution in [0.4, 0.5) is 0 Å². The Morgan fingerprint density at radius 2 is 2.18 bits per heavy atom. The SMILES string of the molecule is Cc1ccc2oc(CCC(Cl)C3CC3)cc2c1. The first-order valence-electron chi connectivity index (χ1n) is 6.35. The van der Waals surface area contributed by atoms with E-state index in [1.165, 1.54) is 23.8 Å². The number of fused-ring (bicyclic) bond motifs is 1. The highest BCUT2D eigenvalue weighted by atomic mass is 35.5. The maximum absolute atomic E-state index is 6.31. The first-order valence-corrected chi connectivity index (χ1v) is 6.79. The standard InChI is InChI=1S/C15H17ClO/c1-10-2-7-15-12(8-10)9-13(17-15)5-6-14(16)11-3-4-11/h2,7-9,11,14H,3-6H2,1H3. The van der Waals surface area contributed by atoms with Gasteiger partial charge in [-0.3, -0.25) is 0 Å². The molecule has 1 aromatic carbocycles. The van der Waals surface area contributed by atoms with Crippen molar-refractivity contribution in [3.63, 3.8) is 0 Å². The second-order valence-electron chi connectivity index (χ2n) is 5.15. The molecule has 1 fully saturated rings. The van der Waals surface area contributed by atoms with Crippen LogP contribution in [-0.4, -0.2) is 5.38 Å². The lowest BCUT2D eigenvalue weighted by Crippen LogP contribution is -2.02. The summed E-state index contributed by atoms with van der Waals surface area (Å²) in [5, 5.41) is 1.54. The zero-order valence-corrected chi connectivity index (χ0v) is 10.8. The van der Waals surface area contributed by atoms with Gasteiger partial charge in [-0.15, -0.1) is 11.6 Å². The van der Waals surface area contributed by atoms with Crippen molar-refractivity contribution >= 4 is 22.6 Å². The molecule has 0 amide bonds. The Morgan fingerprint density at radius 1 is 1.35 bits per heavy atom. The molecule has 0 spiro atoms. The van der Waals surface area contributed by atoms with Crippen molar-refractivity contribution in [2.75, 3.05) is 0 Å². The monoisotopic (exact) mass is 248 g/mol. The van der Waals surface area contributed by atoms with E-state index in [9.17, 15) is 0 Å². The van der Waals surface area contributed by atoms with Crippen molar-refractivity contribution in [2.24, 2.45) is 5.92 Å². The van der Waals surface area contributed by atoms with E-state index in [0.717, 1.165) is 30.1 Å². The Morgan fingerprint density at radius 3 is 2.94 bits per heavy atom. The Labute approximate surface area is 107 Å². The van der Waals surface area contributed by atoms with E-state index < -0.39 is 0 Å². The van der Waals surface area contributed by atoms with Crippen molar-refractivity contribution in [2.45, 2.75) is 38.0 Å². The zero-order chi connectivity index (χ0) is 11.8. The van der Waals surface area contributed by atoms with E-state index in [1.807, 2.05) is 6.07 Å². The van der Waals surface area contributed by atoms with Gasteiger partial charge in [-0.2, -0.15) is 0 Å². The molecule has 2 aromatic rings. The zero-order valence-electron chi connectivity index (χ0n) is 10.1. The number of hydrogen-bond acceptors (Lipinski definition) is 1. The Bertz CT molecular complexity index is 525. The van der Waals surface area contributed by atoms with Crippen LogP contribution in [0.3, 0.4) is 0 Å². The van der Waals surface area contributed by atoms with Gasteiger partial charge in [0.25, 0.3) is 0 Å². The molecular formula is C15H17ClO. The van der Waals surface area contributed by atoms with Crippen LogP contribution >= 0.6 is 11.6 Å². The lowest BCUT2D eigenvalue weighted by Gasteiger charge is -2.04. The maximum Gasteiger partial charge on any atom is 0.134 e. The van der Waals surface area contributed by atoms with Crippen molar-refractivity contribution in [1.82, 2.24) is 0 Å². The fourth-order valence-corrected chi connectivity index (χ4v) is 2.68. The molecule has 0 aliphatic heterocycles. The van der Waals surface area contributed by atoms with E-state index in [4.69, 9.17) is 16.0 Å². The summed E-state index contributed by atoms with van der Waals surface area (Å²) in [6, 6.07) is 8.46. The third-order valence-electron chi connectivity index (χ3n) is 3.52. The number of rotatable bonds is 4. The number of alkyl halides is 1. The van der Waals surface area contributed by atoms with Crippen molar-refractivity contribution in [3.05, 3.63) is 35.6 Å². The van der Waals surface area contributed by atoms with Gasteiger partial charge in [0.15, 0.2) is 0 Å². The highest BCUT2D eigenvalue weighted by Crippen LogP contribution is 2.37. The maximum atomic E-state index is 6.31. The molecule has 0 N–H and O–H groups in total. The second-order valence-corrected chi connectivity index (χ2v) is 5.71. The fourth-order valence-electron chi connectivity index (χ4n) is 2.31. The van der Waals surface area contributed by atoms with Gasteiger partial charge < -0.3 is 4.42 Å². The minimum atomic E-state index is 0.338. The smallest absolute Gasteiger partial charge is 0.134 e. The molecule has 0 saturated heterocycles. The number of benzene rings is 1. The summed E-state index contributed by atoms with van der Waals surface area (Å²) in [4.78, 5) is 0. The third kappa shape index (κ3) is 2.50. The molecule has 17 heavy (non-hydrogen) atoms. The van der Waals surface area contributed by atoms with Crippen molar-refractivity contribution in [3.8, 4) is 0 Å². The van der Waals surface area contributed by atoms with Crippen LogP contribution in [0.2, 0.25) is 0 Å². The van der Waals surface area contributed by atoms with Crippen LogP contribution in [0.25, 0.3) is 11.0 Å². The Balaban J connectivity index is 1.72. The molecule has 0 bridgehead atoms. The predicted octanol–water partition coefficient (Wildman–Crippen LogP) is 4.69. The molecule has 1 atom stereocenters. The molecule has 1 saturated carbocycles. The highest BCUT2D eigenvalue weighted by Gasteiger charge is 2.29. The Kier molecular flexibility index (Phi) is 2.87. The van der Waals surface area contributed by atoms with E-state index in [0.29, 0.717) is 5.38 Å². The molecule has 1 heterocycles. The Hall–Kier alpha value is -0.950. The summed E-state index contributed by atoms with van der Waals surface area (Å²) in [6.07, 6.45) is 4.62. The van der Waals surface area contributed by atoms with Gasteiger partial charge in [0.2, 0.25) is 0 Å². The first-order chi connectivity index (χ1) is 8.22. The fraction of sp³-hybridized carbons (Fsp3) is 0.467. The molecule has 90 valence electrons. The van der Waals surface area contributed by atoms with Gasteiger partial charge in [-0.05, 0) is 50.3 Å². The summed E-state index contributed by atoms with van der Waals surface area (Å²) in [6.45, 7) is 2.11. The molecule has 3 rings (SSSR count). The summed E-state index contributed by atoms with van der Waals surface area (Å²) >= 11 is 6.31. The number of halogens is 1. The summed E-state index contributed by atoms with van der Waals surface area (Å²) in [7, 11) is 0. The minimum Gasteiger partial charge on any atom is -0.461 e. The summed E-state index contributed by atoms with van der Waals surface area (Å²) < 4.78 is 5.81. The van der Waals surface area contributed by atoms with Gasteiger partial charge in [0.05, 0.1) is 0 Å². The van der Waals surface area contributed by atoms with E-state index in [1.54, 1.807) is 0 Å². The topological polar surface area (TPSA) is 13.1 Å². The molecular weight excluding hydrogens is 232 g/mol. The van der Waals surface area contributed by atoms with Gasteiger partial charge in [0, 0.05) is 17.2 Å². The number of aryl methyl sites for hydroxylation is 2. The van der Waals surface area contributed by atoms with Crippen LogP contribution in [-0.2, 0) is 6.42 Å². The summed E-state index contributed by atoms with van der Waals surface area (Å²) in [5.41, 5.74) is 2.26.